The van der Waals surface area contributed by atoms with E-state index in [1.807, 2.05) is 53.4 Å². The number of hydrogen-bond acceptors (Lipinski definition) is 2. The van der Waals surface area contributed by atoms with Crippen LogP contribution in [0, 0.1) is 0 Å². The molecular weight excluding hydrogens is 276 g/mol. The van der Waals surface area contributed by atoms with E-state index in [9.17, 15) is 4.79 Å². The maximum atomic E-state index is 11.2. The lowest BCUT2D eigenvalue weighted by Gasteiger charge is -2.09. The van der Waals surface area contributed by atoms with Gasteiger partial charge in [0.25, 0.3) is 0 Å². The summed E-state index contributed by atoms with van der Waals surface area (Å²) in [5.41, 5.74) is 7.84. The van der Waals surface area contributed by atoms with E-state index in [4.69, 9.17) is 10.5 Å². The number of nitrogens with two attached hydrogens (primary N) is 1. The Morgan fingerprint density at radius 1 is 1.00 bits per heavy atom. The van der Waals surface area contributed by atoms with Crippen molar-refractivity contribution in [2.45, 2.75) is 6.61 Å². The number of carbonyl (C=O) groups is 1. The quantitative estimate of drug-likeness (QED) is 0.785. The van der Waals surface area contributed by atoms with Crippen molar-refractivity contribution in [3.63, 3.8) is 0 Å². The van der Waals surface area contributed by atoms with Gasteiger partial charge >= 0.3 is 0 Å². The Morgan fingerprint density at radius 2 is 1.77 bits per heavy atom. The topological polar surface area (TPSA) is 57.3 Å². The zero-order chi connectivity index (χ0) is 15.4. The molecular formula is C18H16N2O2. The predicted molar refractivity (Wildman–Crippen MR) is 85.1 cm³/mol. The Labute approximate surface area is 128 Å². The highest BCUT2D eigenvalue weighted by atomic mass is 16.5. The zero-order valence-corrected chi connectivity index (χ0v) is 12.0. The molecule has 3 rings (SSSR count). The van der Waals surface area contributed by atoms with Crippen molar-refractivity contribution in [1.82, 2.24) is 4.57 Å². The normalized spacial score (nSPS) is 10.4. The first-order chi connectivity index (χ1) is 10.7. The van der Waals surface area contributed by atoms with E-state index in [-0.39, 0.29) is 0 Å². The first kappa shape index (κ1) is 13.9. The highest BCUT2D eigenvalue weighted by Crippen LogP contribution is 2.16. The Kier molecular flexibility index (Phi) is 3.92. The van der Waals surface area contributed by atoms with Crippen LogP contribution >= 0.6 is 0 Å². The lowest BCUT2D eigenvalue weighted by Crippen LogP contribution is -2.10. The van der Waals surface area contributed by atoms with Crippen molar-refractivity contribution < 1.29 is 9.53 Å². The molecule has 1 amide bonds. The Bertz CT molecular complexity index is 779. The van der Waals surface area contributed by atoms with E-state index in [0.717, 1.165) is 11.3 Å². The van der Waals surface area contributed by atoms with Crippen LogP contribution in [-0.4, -0.2) is 10.5 Å². The largest absolute Gasteiger partial charge is 0.489 e. The summed E-state index contributed by atoms with van der Waals surface area (Å²) in [4.78, 5) is 11.2. The minimum atomic E-state index is -0.458. The summed E-state index contributed by atoms with van der Waals surface area (Å²) < 4.78 is 7.78. The van der Waals surface area contributed by atoms with Gasteiger partial charge in [0.05, 0.1) is 0 Å². The molecule has 0 bridgehead atoms. The number of aromatic nitrogens is 1. The molecule has 110 valence electrons. The van der Waals surface area contributed by atoms with Crippen LogP contribution in [0.2, 0.25) is 0 Å². The summed E-state index contributed by atoms with van der Waals surface area (Å²) in [5.74, 6) is 0.169. The lowest BCUT2D eigenvalue weighted by atomic mass is 10.2. The van der Waals surface area contributed by atoms with Gasteiger partial charge in [-0.15, -0.1) is 0 Å². The monoisotopic (exact) mass is 292 g/mol. The lowest BCUT2D eigenvalue weighted by molar-refractivity contribution is 0.1000. The fraction of sp³-hybridized carbons (Fsp3) is 0.0556. The van der Waals surface area contributed by atoms with Crippen molar-refractivity contribution in [2.24, 2.45) is 5.73 Å². The molecule has 0 radical (unpaired) electrons. The number of rotatable bonds is 5. The van der Waals surface area contributed by atoms with Gasteiger partial charge in [0.15, 0.2) is 0 Å². The minimum absolute atomic E-state index is 0.428. The zero-order valence-electron chi connectivity index (χ0n) is 12.0. The maximum Gasteiger partial charge on any atom is 0.248 e. The second-order valence-electron chi connectivity index (χ2n) is 4.94. The number of nitrogens with zero attached hydrogens (tertiary/aromatic N) is 1. The molecule has 22 heavy (non-hydrogen) atoms. The third-order valence-corrected chi connectivity index (χ3v) is 3.34. The highest BCUT2D eigenvalue weighted by molar-refractivity contribution is 5.93. The molecule has 0 aliphatic carbocycles. The van der Waals surface area contributed by atoms with E-state index in [2.05, 4.69) is 6.07 Å². The van der Waals surface area contributed by atoms with Gasteiger partial charge in [0.2, 0.25) is 5.91 Å². The summed E-state index contributed by atoms with van der Waals surface area (Å²) in [6.45, 7) is 0.428. The molecule has 0 unspecified atom stereocenters. The molecule has 0 fully saturated rings. The molecule has 4 nitrogen and oxygen atoms in total. The van der Waals surface area contributed by atoms with Crippen LogP contribution in [0.15, 0.2) is 73.1 Å². The van der Waals surface area contributed by atoms with Crippen molar-refractivity contribution in [3.05, 3.63) is 84.2 Å². The van der Waals surface area contributed by atoms with Crippen molar-refractivity contribution >= 4 is 5.91 Å². The van der Waals surface area contributed by atoms with Crippen LogP contribution in [0.1, 0.15) is 15.9 Å². The van der Waals surface area contributed by atoms with Gasteiger partial charge in [-0.2, -0.15) is 0 Å². The SMILES string of the molecule is NC(=O)c1cccc(OCc2cccc(-n3cccc3)c2)c1. The average Bonchev–Trinajstić information content (AvgIpc) is 3.08. The molecule has 2 N–H and O–H groups in total. The number of amides is 1. The van der Waals surface area contributed by atoms with Crippen LogP contribution in [0.4, 0.5) is 0 Å². The smallest absolute Gasteiger partial charge is 0.248 e. The first-order valence-electron chi connectivity index (χ1n) is 6.97. The van der Waals surface area contributed by atoms with E-state index >= 15 is 0 Å². The van der Waals surface area contributed by atoms with Gasteiger partial charge in [0, 0.05) is 23.6 Å². The third kappa shape index (κ3) is 3.17. The molecule has 0 spiro atoms. The molecule has 0 saturated carbocycles. The van der Waals surface area contributed by atoms with Gasteiger partial charge in [-0.05, 0) is 48.0 Å². The first-order valence-corrected chi connectivity index (χ1v) is 6.97. The molecule has 3 aromatic rings. The second-order valence-corrected chi connectivity index (χ2v) is 4.94. The van der Waals surface area contributed by atoms with Crippen molar-refractivity contribution in [1.29, 1.82) is 0 Å². The number of ether oxygens (including phenoxy) is 1. The molecule has 1 aromatic heterocycles. The van der Waals surface area contributed by atoms with Crippen LogP contribution in [0.5, 0.6) is 5.75 Å². The molecule has 0 saturated heterocycles. The number of hydrogen-bond donors (Lipinski definition) is 1. The Hall–Kier alpha value is -3.01. The van der Waals surface area contributed by atoms with Crippen LogP contribution in [0.25, 0.3) is 5.69 Å². The average molecular weight is 292 g/mol. The fourth-order valence-corrected chi connectivity index (χ4v) is 2.22. The van der Waals surface area contributed by atoms with E-state index < -0.39 is 5.91 Å². The number of carbonyl (C=O) groups excluding carboxylic acids is 1. The van der Waals surface area contributed by atoms with Gasteiger partial charge in [-0.3, -0.25) is 4.79 Å². The van der Waals surface area contributed by atoms with E-state index in [1.54, 1.807) is 18.2 Å². The Balaban J connectivity index is 1.73. The summed E-state index contributed by atoms with van der Waals surface area (Å²) in [5, 5.41) is 0. The van der Waals surface area contributed by atoms with Gasteiger partial charge in [0.1, 0.15) is 12.4 Å². The maximum absolute atomic E-state index is 11.2. The number of primary amides is 1. The number of benzene rings is 2. The standard InChI is InChI=1S/C18H16N2O2/c19-18(21)15-6-4-8-17(12-15)22-13-14-5-3-7-16(11-14)20-9-1-2-10-20/h1-12H,13H2,(H2,19,21). The predicted octanol–water partition coefficient (Wildman–Crippen LogP) is 3.16. The van der Waals surface area contributed by atoms with Crippen LogP contribution in [0.3, 0.4) is 0 Å². The Morgan fingerprint density at radius 3 is 2.55 bits per heavy atom. The van der Waals surface area contributed by atoms with Gasteiger partial charge in [-0.25, -0.2) is 0 Å². The van der Waals surface area contributed by atoms with Crippen molar-refractivity contribution in [2.75, 3.05) is 0 Å². The van der Waals surface area contributed by atoms with E-state index in [0.29, 0.717) is 17.9 Å². The molecule has 0 aliphatic heterocycles. The fourth-order valence-electron chi connectivity index (χ4n) is 2.22. The van der Waals surface area contributed by atoms with Crippen LogP contribution < -0.4 is 10.5 Å². The molecule has 4 heteroatoms. The molecule has 0 atom stereocenters. The van der Waals surface area contributed by atoms with Crippen LogP contribution in [-0.2, 0) is 6.61 Å². The molecule has 1 heterocycles. The molecule has 0 aliphatic rings. The summed E-state index contributed by atoms with van der Waals surface area (Å²) in [6.07, 6.45) is 3.99. The second kappa shape index (κ2) is 6.18. The summed E-state index contributed by atoms with van der Waals surface area (Å²) in [7, 11) is 0. The van der Waals surface area contributed by atoms with E-state index in [1.165, 1.54) is 0 Å². The summed E-state index contributed by atoms with van der Waals surface area (Å²) in [6, 6.07) is 19.0. The highest BCUT2D eigenvalue weighted by Gasteiger charge is 2.03. The van der Waals surface area contributed by atoms with Gasteiger partial charge in [-0.1, -0.05) is 18.2 Å². The summed E-state index contributed by atoms with van der Waals surface area (Å²) >= 11 is 0. The third-order valence-electron chi connectivity index (χ3n) is 3.34. The van der Waals surface area contributed by atoms with Crippen molar-refractivity contribution in [3.8, 4) is 11.4 Å². The minimum Gasteiger partial charge on any atom is -0.489 e. The van der Waals surface area contributed by atoms with Gasteiger partial charge < -0.3 is 15.0 Å². The molecule has 2 aromatic carbocycles.